The van der Waals surface area contributed by atoms with Gasteiger partial charge in [-0.15, -0.1) is 0 Å². The lowest BCUT2D eigenvalue weighted by atomic mass is 10.1. The van der Waals surface area contributed by atoms with Gasteiger partial charge in [0.2, 0.25) is 0 Å². The van der Waals surface area contributed by atoms with E-state index in [9.17, 15) is 9.18 Å². The summed E-state index contributed by atoms with van der Waals surface area (Å²) >= 11 is 0. The summed E-state index contributed by atoms with van der Waals surface area (Å²) in [4.78, 5) is 14.8. The van der Waals surface area contributed by atoms with Crippen molar-refractivity contribution in [3.8, 4) is 0 Å². The third-order valence-electron chi connectivity index (χ3n) is 1.85. The highest BCUT2D eigenvalue weighted by atomic mass is 19.1. The van der Waals surface area contributed by atoms with Crippen LogP contribution in [0.25, 0.3) is 0 Å². The molecule has 0 aliphatic rings. The predicted molar refractivity (Wildman–Crippen MR) is 49.8 cm³/mol. The molecule has 0 aliphatic heterocycles. The standard InChI is InChI=1S/C9H14FN3O/c1-7(14)8-11-6-12-13(8)5-4-9(2,3)10/h6H,4-5H2,1-3H3. The van der Waals surface area contributed by atoms with Crippen molar-refractivity contribution in [2.45, 2.75) is 39.4 Å². The summed E-state index contributed by atoms with van der Waals surface area (Å²) in [6.07, 6.45) is 1.62. The van der Waals surface area contributed by atoms with Crippen molar-refractivity contribution in [3.05, 3.63) is 12.2 Å². The Bertz CT molecular complexity index is 327. The van der Waals surface area contributed by atoms with E-state index in [2.05, 4.69) is 10.1 Å². The molecule has 5 heteroatoms. The van der Waals surface area contributed by atoms with Crippen LogP contribution in [0.1, 0.15) is 37.8 Å². The first kappa shape index (κ1) is 10.8. The first-order valence-electron chi connectivity index (χ1n) is 4.48. The van der Waals surface area contributed by atoms with Crippen LogP contribution in [-0.4, -0.2) is 26.2 Å². The first-order valence-corrected chi connectivity index (χ1v) is 4.48. The van der Waals surface area contributed by atoms with Crippen LogP contribution in [0.5, 0.6) is 0 Å². The number of nitrogens with zero attached hydrogens (tertiary/aromatic N) is 3. The Hall–Kier alpha value is -1.26. The quantitative estimate of drug-likeness (QED) is 0.692. The number of hydrogen-bond acceptors (Lipinski definition) is 3. The van der Waals surface area contributed by atoms with Crippen LogP contribution in [0.3, 0.4) is 0 Å². The first-order chi connectivity index (χ1) is 6.40. The second-order valence-electron chi connectivity index (χ2n) is 3.83. The summed E-state index contributed by atoms with van der Waals surface area (Å²) in [6, 6.07) is 0. The van der Waals surface area contributed by atoms with E-state index in [1.165, 1.54) is 31.8 Å². The summed E-state index contributed by atoms with van der Waals surface area (Å²) in [5.74, 6) is 0.133. The molecular formula is C9H14FN3O. The van der Waals surface area contributed by atoms with Gasteiger partial charge in [-0.3, -0.25) is 4.79 Å². The van der Waals surface area contributed by atoms with Gasteiger partial charge in [-0.1, -0.05) is 0 Å². The lowest BCUT2D eigenvalue weighted by molar-refractivity contribution is 0.0995. The molecule has 0 spiro atoms. The van der Waals surface area contributed by atoms with Crippen LogP contribution in [0.4, 0.5) is 4.39 Å². The maximum atomic E-state index is 13.2. The zero-order valence-corrected chi connectivity index (χ0v) is 8.62. The van der Waals surface area contributed by atoms with E-state index < -0.39 is 5.67 Å². The maximum absolute atomic E-state index is 13.2. The van der Waals surface area contributed by atoms with Gasteiger partial charge in [-0.25, -0.2) is 14.1 Å². The Morgan fingerprint density at radius 1 is 1.64 bits per heavy atom. The topological polar surface area (TPSA) is 47.8 Å². The molecule has 1 aromatic rings. The van der Waals surface area contributed by atoms with Gasteiger partial charge in [0.15, 0.2) is 11.6 Å². The summed E-state index contributed by atoms with van der Waals surface area (Å²) in [7, 11) is 0. The van der Waals surface area contributed by atoms with Crippen LogP contribution in [0.2, 0.25) is 0 Å². The van der Waals surface area contributed by atoms with E-state index in [1.807, 2.05) is 0 Å². The molecule has 78 valence electrons. The van der Waals surface area contributed by atoms with Crippen molar-refractivity contribution in [2.24, 2.45) is 0 Å². The number of ketones is 1. The molecule has 4 nitrogen and oxygen atoms in total. The van der Waals surface area contributed by atoms with Crippen LogP contribution in [0, 0.1) is 0 Å². The molecule has 0 saturated carbocycles. The molecule has 1 rings (SSSR count). The van der Waals surface area contributed by atoms with Crippen molar-refractivity contribution in [1.29, 1.82) is 0 Å². The molecule has 0 fully saturated rings. The minimum Gasteiger partial charge on any atom is -0.291 e. The smallest absolute Gasteiger partial charge is 0.196 e. The molecule has 0 bridgehead atoms. The molecule has 1 heterocycles. The van der Waals surface area contributed by atoms with Crippen molar-refractivity contribution in [3.63, 3.8) is 0 Å². The number of halogens is 1. The van der Waals surface area contributed by atoms with Crippen molar-refractivity contribution < 1.29 is 9.18 Å². The number of hydrogen-bond donors (Lipinski definition) is 0. The Morgan fingerprint density at radius 3 is 2.79 bits per heavy atom. The van der Waals surface area contributed by atoms with Crippen molar-refractivity contribution in [2.75, 3.05) is 0 Å². The Morgan fingerprint density at radius 2 is 2.29 bits per heavy atom. The largest absolute Gasteiger partial charge is 0.291 e. The number of alkyl halides is 1. The minimum absolute atomic E-state index is 0.154. The fourth-order valence-corrected chi connectivity index (χ4v) is 1.07. The van der Waals surface area contributed by atoms with Crippen molar-refractivity contribution >= 4 is 5.78 Å². The molecule has 0 saturated heterocycles. The van der Waals surface area contributed by atoms with Gasteiger partial charge >= 0.3 is 0 Å². The normalized spacial score (nSPS) is 11.7. The van der Waals surface area contributed by atoms with Gasteiger partial charge in [0.25, 0.3) is 0 Å². The number of aromatic nitrogens is 3. The van der Waals surface area contributed by atoms with Crippen LogP contribution in [-0.2, 0) is 6.54 Å². The zero-order valence-electron chi connectivity index (χ0n) is 8.62. The second kappa shape index (κ2) is 3.86. The van der Waals surface area contributed by atoms with E-state index >= 15 is 0 Å². The van der Waals surface area contributed by atoms with Crippen molar-refractivity contribution in [1.82, 2.24) is 14.8 Å². The molecule has 1 aromatic heterocycles. The third-order valence-corrected chi connectivity index (χ3v) is 1.85. The number of carbonyl (C=O) groups excluding carboxylic acids is 1. The molecule has 0 unspecified atom stereocenters. The third kappa shape index (κ3) is 2.90. The SMILES string of the molecule is CC(=O)c1ncnn1CCC(C)(C)F. The summed E-state index contributed by atoms with van der Waals surface area (Å²) in [6.45, 7) is 4.79. The number of Topliss-reactive ketones (excluding diaryl/α,β-unsaturated/α-hetero) is 1. The second-order valence-corrected chi connectivity index (χ2v) is 3.83. The molecule has 0 N–H and O–H groups in total. The Labute approximate surface area is 82.1 Å². The van der Waals surface area contributed by atoms with Crippen LogP contribution < -0.4 is 0 Å². The minimum atomic E-state index is -1.25. The molecule has 0 amide bonds. The van der Waals surface area contributed by atoms with Gasteiger partial charge in [0.05, 0.1) is 0 Å². The predicted octanol–water partition coefficient (Wildman–Crippen LogP) is 1.62. The number of rotatable bonds is 4. The monoisotopic (exact) mass is 199 g/mol. The van der Waals surface area contributed by atoms with Gasteiger partial charge < -0.3 is 0 Å². The highest BCUT2D eigenvalue weighted by Crippen LogP contribution is 2.14. The van der Waals surface area contributed by atoms with Gasteiger partial charge in [-0.05, 0) is 13.8 Å². The number of aryl methyl sites for hydroxylation is 1. The Balaban J connectivity index is 2.68. The number of carbonyl (C=O) groups is 1. The van der Waals surface area contributed by atoms with Gasteiger partial charge in [-0.2, -0.15) is 5.10 Å². The highest BCUT2D eigenvalue weighted by molar-refractivity contribution is 5.90. The van der Waals surface area contributed by atoms with E-state index in [0.717, 1.165) is 0 Å². The highest BCUT2D eigenvalue weighted by Gasteiger charge is 2.17. The average Bonchev–Trinajstić information content (AvgIpc) is 2.46. The summed E-state index contributed by atoms with van der Waals surface area (Å²) in [5.41, 5.74) is -1.25. The van der Waals surface area contributed by atoms with Crippen LogP contribution >= 0.6 is 0 Å². The molecule has 0 aliphatic carbocycles. The fourth-order valence-electron chi connectivity index (χ4n) is 1.07. The van der Waals surface area contributed by atoms with E-state index in [4.69, 9.17) is 0 Å². The lowest BCUT2D eigenvalue weighted by Crippen LogP contribution is -2.18. The maximum Gasteiger partial charge on any atom is 0.196 e. The fraction of sp³-hybridized carbons (Fsp3) is 0.667. The van der Waals surface area contributed by atoms with E-state index in [0.29, 0.717) is 13.0 Å². The molecular weight excluding hydrogens is 185 g/mol. The molecule has 0 radical (unpaired) electrons. The van der Waals surface area contributed by atoms with E-state index in [1.54, 1.807) is 0 Å². The van der Waals surface area contributed by atoms with E-state index in [-0.39, 0.29) is 11.6 Å². The van der Waals surface area contributed by atoms with Gasteiger partial charge in [0.1, 0.15) is 12.0 Å². The van der Waals surface area contributed by atoms with Crippen LogP contribution in [0.15, 0.2) is 6.33 Å². The summed E-state index contributed by atoms with van der Waals surface area (Å²) in [5, 5.41) is 3.86. The average molecular weight is 199 g/mol. The zero-order chi connectivity index (χ0) is 10.8. The lowest BCUT2D eigenvalue weighted by Gasteiger charge is -2.13. The Kier molecular flexibility index (Phi) is 2.98. The molecule has 0 aromatic carbocycles. The molecule has 0 atom stereocenters. The molecule has 14 heavy (non-hydrogen) atoms. The van der Waals surface area contributed by atoms with Gasteiger partial charge in [0, 0.05) is 19.9 Å². The summed E-state index contributed by atoms with van der Waals surface area (Å²) < 4.78 is 14.6.